The van der Waals surface area contributed by atoms with Gasteiger partial charge in [-0.15, -0.1) is 11.3 Å². The van der Waals surface area contributed by atoms with Crippen LogP contribution in [0.15, 0.2) is 11.4 Å². The standard InChI is InChI=1S/C13H22N2OS/c1-11-4-9-17-13(11)10-15-7-8-16-12-2-5-14-6-3-12/h4,9,12,14-15H,2-3,5-8,10H2,1H3. The zero-order chi connectivity index (χ0) is 11.9. The molecule has 0 atom stereocenters. The predicted octanol–water partition coefficient (Wildman–Crippen LogP) is 1.91. The van der Waals surface area contributed by atoms with Crippen LogP contribution in [0.2, 0.25) is 0 Å². The predicted molar refractivity (Wildman–Crippen MR) is 72.6 cm³/mol. The lowest BCUT2D eigenvalue weighted by atomic mass is 10.1. The van der Waals surface area contributed by atoms with Gasteiger partial charge in [-0.3, -0.25) is 0 Å². The Morgan fingerprint density at radius 2 is 2.29 bits per heavy atom. The van der Waals surface area contributed by atoms with Gasteiger partial charge in [0.05, 0.1) is 12.7 Å². The molecule has 96 valence electrons. The highest BCUT2D eigenvalue weighted by Gasteiger charge is 2.12. The van der Waals surface area contributed by atoms with E-state index in [1.165, 1.54) is 10.4 Å². The molecule has 17 heavy (non-hydrogen) atoms. The van der Waals surface area contributed by atoms with E-state index in [0.717, 1.165) is 45.6 Å². The van der Waals surface area contributed by atoms with Gasteiger partial charge in [0.1, 0.15) is 0 Å². The van der Waals surface area contributed by atoms with E-state index in [9.17, 15) is 0 Å². The van der Waals surface area contributed by atoms with Gasteiger partial charge in [0, 0.05) is 18.0 Å². The van der Waals surface area contributed by atoms with E-state index < -0.39 is 0 Å². The number of hydrogen-bond acceptors (Lipinski definition) is 4. The van der Waals surface area contributed by atoms with Crippen LogP contribution in [0.1, 0.15) is 23.3 Å². The van der Waals surface area contributed by atoms with Crippen molar-refractivity contribution >= 4 is 11.3 Å². The van der Waals surface area contributed by atoms with Crippen LogP contribution in [0.4, 0.5) is 0 Å². The lowest BCUT2D eigenvalue weighted by Crippen LogP contribution is -2.33. The molecule has 1 aromatic heterocycles. The first kappa shape index (κ1) is 13.0. The van der Waals surface area contributed by atoms with E-state index in [2.05, 4.69) is 29.0 Å². The van der Waals surface area contributed by atoms with Crippen LogP contribution in [0.25, 0.3) is 0 Å². The first-order valence-corrected chi connectivity index (χ1v) is 7.30. The summed E-state index contributed by atoms with van der Waals surface area (Å²) in [6.07, 6.45) is 2.79. The second kappa shape index (κ2) is 7.11. The second-order valence-corrected chi connectivity index (χ2v) is 5.52. The Morgan fingerprint density at radius 3 is 3.00 bits per heavy atom. The van der Waals surface area contributed by atoms with E-state index in [1.807, 2.05) is 11.3 Å². The van der Waals surface area contributed by atoms with Gasteiger partial charge in [0.25, 0.3) is 0 Å². The van der Waals surface area contributed by atoms with Gasteiger partial charge < -0.3 is 15.4 Å². The van der Waals surface area contributed by atoms with Crippen molar-refractivity contribution in [1.29, 1.82) is 0 Å². The van der Waals surface area contributed by atoms with E-state index in [4.69, 9.17) is 4.74 Å². The molecule has 1 fully saturated rings. The molecule has 4 heteroatoms. The van der Waals surface area contributed by atoms with Gasteiger partial charge in [-0.05, 0) is 49.9 Å². The summed E-state index contributed by atoms with van der Waals surface area (Å²) < 4.78 is 5.83. The molecule has 0 unspecified atom stereocenters. The Labute approximate surface area is 108 Å². The molecular weight excluding hydrogens is 232 g/mol. The summed E-state index contributed by atoms with van der Waals surface area (Å²) in [6.45, 7) is 7.12. The first-order chi connectivity index (χ1) is 8.36. The maximum Gasteiger partial charge on any atom is 0.0600 e. The number of hydrogen-bond donors (Lipinski definition) is 2. The van der Waals surface area contributed by atoms with Gasteiger partial charge in [0.2, 0.25) is 0 Å². The Hall–Kier alpha value is -0.420. The number of nitrogens with one attached hydrogen (secondary N) is 2. The maximum absolute atomic E-state index is 5.83. The van der Waals surface area contributed by atoms with Crippen molar-refractivity contribution in [3.8, 4) is 0 Å². The summed E-state index contributed by atoms with van der Waals surface area (Å²) in [5.41, 5.74) is 1.39. The fourth-order valence-corrected chi connectivity index (χ4v) is 2.92. The van der Waals surface area contributed by atoms with E-state index >= 15 is 0 Å². The SMILES string of the molecule is Cc1ccsc1CNCCOC1CCNCC1. The van der Waals surface area contributed by atoms with Crippen LogP contribution in [0.3, 0.4) is 0 Å². The van der Waals surface area contributed by atoms with Crippen molar-refractivity contribution in [1.82, 2.24) is 10.6 Å². The molecule has 1 aliphatic heterocycles. The summed E-state index contributed by atoms with van der Waals surface area (Å²) in [6, 6.07) is 2.17. The van der Waals surface area contributed by atoms with Crippen molar-refractivity contribution in [3.05, 3.63) is 21.9 Å². The average Bonchev–Trinajstić information content (AvgIpc) is 2.76. The fourth-order valence-electron chi connectivity index (χ4n) is 2.05. The molecule has 0 radical (unpaired) electrons. The summed E-state index contributed by atoms with van der Waals surface area (Å²) in [5, 5.41) is 8.94. The second-order valence-electron chi connectivity index (χ2n) is 4.52. The van der Waals surface area contributed by atoms with E-state index in [1.54, 1.807) is 0 Å². The van der Waals surface area contributed by atoms with Gasteiger partial charge in [-0.1, -0.05) is 0 Å². The fraction of sp³-hybridized carbons (Fsp3) is 0.692. The molecule has 2 rings (SSSR count). The minimum atomic E-state index is 0.474. The highest BCUT2D eigenvalue weighted by Crippen LogP contribution is 2.14. The molecular formula is C13H22N2OS. The third-order valence-electron chi connectivity index (χ3n) is 3.17. The normalized spacial score (nSPS) is 17.5. The molecule has 3 nitrogen and oxygen atoms in total. The highest BCUT2D eigenvalue weighted by atomic mass is 32.1. The molecule has 0 spiro atoms. The molecule has 1 aliphatic rings. The van der Waals surface area contributed by atoms with Gasteiger partial charge in [-0.2, -0.15) is 0 Å². The van der Waals surface area contributed by atoms with Crippen LogP contribution < -0.4 is 10.6 Å². The van der Waals surface area contributed by atoms with Crippen LogP contribution in [0.5, 0.6) is 0 Å². The van der Waals surface area contributed by atoms with Crippen molar-refractivity contribution in [2.24, 2.45) is 0 Å². The summed E-state index contributed by atoms with van der Waals surface area (Å²) >= 11 is 1.82. The Balaban J connectivity index is 1.53. The maximum atomic E-state index is 5.83. The Morgan fingerprint density at radius 1 is 1.47 bits per heavy atom. The van der Waals surface area contributed by atoms with E-state index in [-0.39, 0.29) is 0 Å². The zero-order valence-corrected chi connectivity index (χ0v) is 11.3. The van der Waals surface area contributed by atoms with Crippen LogP contribution in [-0.4, -0.2) is 32.3 Å². The van der Waals surface area contributed by atoms with Gasteiger partial charge in [-0.25, -0.2) is 0 Å². The van der Waals surface area contributed by atoms with E-state index in [0.29, 0.717) is 6.10 Å². The molecule has 1 saturated heterocycles. The van der Waals surface area contributed by atoms with Crippen LogP contribution in [0, 0.1) is 6.92 Å². The van der Waals surface area contributed by atoms with Gasteiger partial charge >= 0.3 is 0 Å². The summed E-state index contributed by atoms with van der Waals surface area (Å²) in [4.78, 5) is 1.44. The number of rotatable bonds is 6. The quantitative estimate of drug-likeness (QED) is 0.761. The molecule has 0 bridgehead atoms. The lowest BCUT2D eigenvalue weighted by molar-refractivity contribution is 0.0348. The number of ether oxygens (including phenoxy) is 1. The summed E-state index contributed by atoms with van der Waals surface area (Å²) in [5.74, 6) is 0. The third-order valence-corrected chi connectivity index (χ3v) is 4.20. The number of thiophene rings is 1. The Kier molecular flexibility index (Phi) is 5.45. The highest BCUT2D eigenvalue weighted by molar-refractivity contribution is 7.10. The van der Waals surface area contributed by atoms with Crippen molar-refractivity contribution in [3.63, 3.8) is 0 Å². The molecule has 0 aromatic carbocycles. The van der Waals surface area contributed by atoms with Crippen molar-refractivity contribution in [2.75, 3.05) is 26.2 Å². The molecule has 0 amide bonds. The number of piperidine rings is 1. The average molecular weight is 254 g/mol. The van der Waals surface area contributed by atoms with Crippen molar-refractivity contribution < 1.29 is 4.74 Å². The van der Waals surface area contributed by atoms with Crippen molar-refractivity contribution in [2.45, 2.75) is 32.4 Å². The topological polar surface area (TPSA) is 33.3 Å². The molecule has 1 aromatic rings. The molecule has 2 heterocycles. The molecule has 0 saturated carbocycles. The first-order valence-electron chi connectivity index (χ1n) is 6.42. The lowest BCUT2D eigenvalue weighted by Gasteiger charge is -2.22. The minimum Gasteiger partial charge on any atom is -0.377 e. The zero-order valence-electron chi connectivity index (χ0n) is 10.5. The minimum absolute atomic E-state index is 0.474. The third kappa shape index (κ3) is 4.39. The smallest absolute Gasteiger partial charge is 0.0600 e. The van der Waals surface area contributed by atoms with Crippen LogP contribution in [-0.2, 0) is 11.3 Å². The largest absolute Gasteiger partial charge is 0.377 e. The molecule has 2 N–H and O–H groups in total. The summed E-state index contributed by atoms with van der Waals surface area (Å²) in [7, 11) is 0. The Bertz CT molecular complexity index is 321. The molecule has 0 aliphatic carbocycles. The number of aryl methyl sites for hydroxylation is 1. The van der Waals surface area contributed by atoms with Gasteiger partial charge in [0.15, 0.2) is 0 Å². The monoisotopic (exact) mass is 254 g/mol. The van der Waals surface area contributed by atoms with Crippen LogP contribution >= 0.6 is 11.3 Å².